The number of thiophene rings is 1. The molecule has 1 N–H and O–H groups in total. The third-order valence-electron chi connectivity index (χ3n) is 5.32. The molecule has 0 saturated carbocycles. The van der Waals surface area contributed by atoms with E-state index in [1.807, 2.05) is 30.3 Å². The summed E-state index contributed by atoms with van der Waals surface area (Å²) >= 11 is 7.11. The number of carbonyl (C=O) groups is 2. The molecule has 0 bridgehead atoms. The molecule has 2 heterocycles. The number of aryl methyl sites for hydroxylation is 1. The number of benzene rings is 2. The number of methoxy groups -OCH3 is 1. The number of nitrogens with one attached hydrogen (secondary N) is 1. The van der Waals surface area contributed by atoms with E-state index in [0.717, 1.165) is 16.9 Å². The first-order valence-electron chi connectivity index (χ1n) is 10.7. The van der Waals surface area contributed by atoms with Crippen LogP contribution in [0.4, 0.5) is 5.69 Å². The largest absolute Gasteiger partial charge is 0.495 e. The van der Waals surface area contributed by atoms with Crippen LogP contribution in [0.5, 0.6) is 5.75 Å². The summed E-state index contributed by atoms with van der Waals surface area (Å²) in [6, 6.07) is 14.5. The summed E-state index contributed by atoms with van der Waals surface area (Å²) in [5.41, 5.74) is 1.52. The minimum atomic E-state index is -0.502. The lowest BCUT2D eigenvalue weighted by Crippen LogP contribution is -2.28. The quantitative estimate of drug-likeness (QED) is 0.350. The van der Waals surface area contributed by atoms with Gasteiger partial charge < -0.3 is 14.8 Å². The van der Waals surface area contributed by atoms with Gasteiger partial charge >= 0.3 is 5.97 Å². The number of ether oxygens (including phenoxy) is 2. The van der Waals surface area contributed by atoms with Gasteiger partial charge in [0.25, 0.3) is 5.56 Å². The van der Waals surface area contributed by atoms with E-state index >= 15 is 0 Å². The zero-order chi connectivity index (χ0) is 24.9. The van der Waals surface area contributed by atoms with Gasteiger partial charge in [0, 0.05) is 11.4 Å². The average Bonchev–Trinajstić information content (AvgIpc) is 3.19. The van der Waals surface area contributed by atoms with Gasteiger partial charge in [-0.25, -0.2) is 9.78 Å². The zero-order valence-corrected chi connectivity index (χ0v) is 20.6. The summed E-state index contributed by atoms with van der Waals surface area (Å²) in [5, 5.41) is 3.41. The normalized spacial score (nSPS) is 10.8. The highest BCUT2D eigenvalue weighted by atomic mass is 35.5. The molecule has 0 atom stereocenters. The van der Waals surface area contributed by atoms with E-state index < -0.39 is 17.4 Å². The molecule has 0 aliphatic carbocycles. The lowest BCUT2D eigenvalue weighted by Gasteiger charge is -2.11. The van der Waals surface area contributed by atoms with Crippen LogP contribution in [0.25, 0.3) is 10.2 Å². The first-order chi connectivity index (χ1) is 16.9. The third-order valence-corrected chi connectivity index (χ3v) is 6.73. The number of hydrogen-bond acceptors (Lipinski definition) is 7. The molecule has 4 aromatic rings. The fourth-order valence-electron chi connectivity index (χ4n) is 3.56. The van der Waals surface area contributed by atoms with Crippen LogP contribution in [0, 0.1) is 6.92 Å². The number of nitrogens with zero attached hydrogens (tertiary/aromatic N) is 2. The maximum Gasteiger partial charge on any atom is 0.348 e. The van der Waals surface area contributed by atoms with Gasteiger partial charge in [0.1, 0.15) is 22.0 Å². The number of hydrogen-bond donors (Lipinski definition) is 1. The van der Waals surface area contributed by atoms with Gasteiger partial charge in [0.2, 0.25) is 5.91 Å². The first-order valence-corrected chi connectivity index (χ1v) is 11.9. The second kappa shape index (κ2) is 10.7. The smallest absolute Gasteiger partial charge is 0.348 e. The van der Waals surface area contributed by atoms with Crippen LogP contribution in [0.1, 0.15) is 20.8 Å². The zero-order valence-electron chi connectivity index (χ0n) is 19.0. The molecular formula is C25H22ClN3O5S. The Morgan fingerprint density at radius 2 is 1.94 bits per heavy atom. The first kappa shape index (κ1) is 24.4. The van der Waals surface area contributed by atoms with Crippen LogP contribution >= 0.6 is 22.9 Å². The second-order valence-electron chi connectivity index (χ2n) is 7.68. The van der Waals surface area contributed by atoms with Gasteiger partial charge in [-0.1, -0.05) is 41.9 Å². The molecule has 0 aliphatic rings. The van der Waals surface area contributed by atoms with E-state index in [2.05, 4.69) is 10.3 Å². The van der Waals surface area contributed by atoms with Crippen molar-refractivity contribution in [3.63, 3.8) is 0 Å². The molecule has 8 nitrogen and oxygen atoms in total. The Hall–Kier alpha value is -3.69. The van der Waals surface area contributed by atoms with E-state index in [4.69, 9.17) is 21.1 Å². The van der Waals surface area contributed by atoms with Gasteiger partial charge in [-0.15, -0.1) is 11.3 Å². The Kier molecular flexibility index (Phi) is 7.48. The number of carbonyl (C=O) groups excluding carboxylic acids is 2. The summed E-state index contributed by atoms with van der Waals surface area (Å²) in [6.45, 7) is 1.63. The molecule has 2 aromatic carbocycles. The van der Waals surface area contributed by atoms with Crippen LogP contribution < -0.4 is 15.6 Å². The SMILES string of the molecule is COc1ccc(Cl)cc1NC(=O)Cn1cnc2sc(C(=O)OCCc3ccccc3)c(C)c2c1=O. The van der Waals surface area contributed by atoms with E-state index in [-0.39, 0.29) is 13.2 Å². The maximum atomic E-state index is 13.1. The van der Waals surface area contributed by atoms with Gasteiger partial charge in [-0.2, -0.15) is 0 Å². The predicted octanol–water partition coefficient (Wildman–Crippen LogP) is 4.47. The summed E-state index contributed by atoms with van der Waals surface area (Å²) in [7, 11) is 1.48. The van der Waals surface area contributed by atoms with Crippen molar-refractivity contribution in [3.05, 3.63) is 86.2 Å². The summed E-state index contributed by atoms with van der Waals surface area (Å²) in [5.74, 6) is -0.520. The highest BCUT2D eigenvalue weighted by Crippen LogP contribution is 2.29. The monoisotopic (exact) mass is 511 g/mol. The van der Waals surface area contributed by atoms with E-state index in [1.54, 1.807) is 25.1 Å². The second-order valence-corrected chi connectivity index (χ2v) is 9.11. The lowest BCUT2D eigenvalue weighted by atomic mass is 10.2. The molecule has 0 aliphatic heterocycles. The molecule has 0 spiro atoms. The summed E-state index contributed by atoms with van der Waals surface area (Å²) in [4.78, 5) is 43.4. The highest BCUT2D eigenvalue weighted by molar-refractivity contribution is 7.20. The number of rotatable bonds is 8. The Labute approximate surface area is 210 Å². The number of amides is 1. The standard InChI is InChI=1S/C25H22ClN3O5S/c1-15-21-23(35-22(15)25(32)34-11-10-16-6-4-3-5-7-16)27-14-29(24(21)31)13-20(30)28-18-12-17(26)8-9-19(18)33-2/h3-9,12,14H,10-11,13H2,1-2H3,(H,28,30). The summed E-state index contributed by atoms with van der Waals surface area (Å²) in [6.07, 6.45) is 1.88. The molecule has 0 unspecified atom stereocenters. The molecule has 35 heavy (non-hydrogen) atoms. The number of anilines is 1. The van der Waals surface area contributed by atoms with Crippen LogP contribution in [-0.2, 0) is 22.5 Å². The van der Waals surface area contributed by atoms with Crippen molar-refractivity contribution in [2.45, 2.75) is 19.9 Å². The summed E-state index contributed by atoms with van der Waals surface area (Å²) < 4.78 is 11.8. The van der Waals surface area contributed by atoms with Gasteiger partial charge in [-0.05, 0) is 36.2 Å². The number of fused-ring (bicyclic) bond motifs is 1. The van der Waals surface area contributed by atoms with E-state index in [0.29, 0.717) is 43.5 Å². The van der Waals surface area contributed by atoms with Gasteiger partial charge in [-0.3, -0.25) is 14.2 Å². The molecule has 2 aromatic heterocycles. The lowest BCUT2D eigenvalue weighted by molar-refractivity contribution is -0.116. The average molecular weight is 512 g/mol. The Bertz CT molecular complexity index is 1450. The molecule has 0 fully saturated rings. The molecular weight excluding hydrogens is 490 g/mol. The minimum Gasteiger partial charge on any atom is -0.495 e. The predicted molar refractivity (Wildman–Crippen MR) is 136 cm³/mol. The van der Waals surface area contributed by atoms with E-state index in [1.165, 1.54) is 18.0 Å². The van der Waals surface area contributed by atoms with Crippen LogP contribution in [0.15, 0.2) is 59.7 Å². The fraction of sp³-hybridized carbons (Fsp3) is 0.200. The number of halogens is 1. The van der Waals surface area contributed by atoms with Crippen LogP contribution in [0.2, 0.25) is 5.02 Å². The van der Waals surface area contributed by atoms with Crippen molar-refractivity contribution in [2.24, 2.45) is 0 Å². The van der Waals surface area contributed by atoms with E-state index in [9.17, 15) is 14.4 Å². The Morgan fingerprint density at radius 1 is 1.17 bits per heavy atom. The van der Waals surface area contributed by atoms with Gasteiger partial charge in [0.05, 0.1) is 31.1 Å². The van der Waals surface area contributed by atoms with Crippen molar-refractivity contribution in [2.75, 3.05) is 19.0 Å². The Morgan fingerprint density at radius 3 is 2.69 bits per heavy atom. The molecule has 10 heteroatoms. The third kappa shape index (κ3) is 5.52. The van der Waals surface area contributed by atoms with Crippen LogP contribution in [0.3, 0.4) is 0 Å². The molecule has 0 radical (unpaired) electrons. The number of esters is 1. The van der Waals surface area contributed by atoms with Crippen LogP contribution in [-0.4, -0.2) is 35.1 Å². The molecule has 4 rings (SSSR count). The minimum absolute atomic E-state index is 0.224. The van der Waals surface area contributed by atoms with Crippen molar-refractivity contribution in [3.8, 4) is 5.75 Å². The van der Waals surface area contributed by atoms with Gasteiger partial charge in [0.15, 0.2) is 0 Å². The van der Waals surface area contributed by atoms with Crippen molar-refractivity contribution < 1.29 is 19.1 Å². The van der Waals surface area contributed by atoms with Crippen molar-refractivity contribution >= 4 is 50.7 Å². The molecule has 180 valence electrons. The maximum absolute atomic E-state index is 13.1. The molecule has 0 saturated heterocycles. The number of aromatic nitrogens is 2. The topological polar surface area (TPSA) is 99.5 Å². The molecule has 1 amide bonds. The Balaban J connectivity index is 1.49. The van der Waals surface area contributed by atoms with Crippen molar-refractivity contribution in [1.82, 2.24) is 9.55 Å². The van der Waals surface area contributed by atoms with Crippen molar-refractivity contribution in [1.29, 1.82) is 0 Å². The fourth-order valence-corrected chi connectivity index (χ4v) is 4.77. The highest BCUT2D eigenvalue weighted by Gasteiger charge is 2.21.